The molecule has 5 heteroatoms. The van der Waals surface area contributed by atoms with E-state index in [0.29, 0.717) is 17.3 Å². The predicted molar refractivity (Wildman–Crippen MR) is 60.5 cm³/mol. The zero-order valence-corrected chi connectivity index (χ0v) is 9.41. The summed E-state index contributed by atoms with van der Waals surface area (Å²) >= 11 is 0. The number of anilines is 2. The Morgan fingerprint density at radius 1 is 1.53 bits per heavy atom. The first-order chi connectivity index (χ1) is 6.95. The van der Waals surface area contributed by atoms with Crippen molar-refractivity contribution in [2.24, 2.45) is 0 Å². The maximum atomic E-state index is 9.76. The number of aliphatic hydroxyl groups is 1. The van der Waals surface area contributed by atoms with Crippen molar-refractivity contribution in [3.05, 3.63) is 11.8 Å². The van der Waals surface area contributed by atoms with Crippen LogP contribution < -0.4 is 11.1 Å². The van der Waals surface area contributed by atoms with Crippen molar-refractivity contribution >= 4 is 11.8 Å². The molecule has 1 heterocycles. The largest absolute Gasteiger partial charge is 0.386 e. The Morgan fingerprint density at radius 2 is 2.20 bits per heavy atom. The number of aromatic nitrogens is 2. The van der Waals surface area contributed by atoms with Crippen LogP contribution in [0.5, 0.6) is 0 Å². The van der Waals surface area contributed by atoms with Gasteiger partial charge in [-0.15, -0.1) is 0 Å². The fourth-order valence-corrected chi connectivity index (χ4v) is 1.19. The highest BCUT2D eigenvalue weighted by atomic mass is 16.3. The lowest BCUT2D eigenvalue weighted by Gasteiger charge is -2.18. The van der Waals surface area contributed by atoms with Crippen LogP contribution in [0.3, 0.4) is 0 Å². The molecule has 0 aromatic carbocycles. The van der Waals surface area contributed by atoms with Crippen molar-refractivity contribution in [3.63, 3.8) is 0 Å². The summed E-state index contributed by atoms with van der Waals surface area (Å²) in [4.78, 5) is 8.15. The second-order valence-corrected chi connectivity index (χ2v) is 3.98. The third-order valence-electron chi connectivity index (χ3n) is 2.01. The number of rotatable bonds is 4. The number of hydrogen-bond acceptors (Lipinski definition) is 5. The van der Waals surface area contributed by atoms with Gasteiger partial charge in [-0.25, -0.2) is 4.98 Å². The maximum absolute atomic E-state index is 9.76. The molecule has 0 amide bonds. The minimum Gasteiger partial charge on any atom is -0.386 e. The molecule has 0 saturated carbocycles. The molecule has 84 valence electrons. The van der Waals surface area contributed by atoms with Gasteiger partial charge in [-0.1, -0.05) is 6.92 Å². The summed E-state index contributed by atoms with van der Waals surface area (Å²) in [6, 6.07) is 0. The van der Waals surface area contributed by atoms with Gasteiger partial charge in [0.2, 0.25) is 5.95 Å². The number of nitrogen functional groups attached to an aromatic ring is 1. The Balaban J connectivity index is 2.89. The molecule has 4 N–H and O–H groups in total. The van der Waals surface area contributed by atoms with E-state index in [-0.39, 0.29) is 0 Å². The molecule has 0 unspecified atom stereocenters. The van der Waals surface area contributed by atoms with E-state index in [1.807, 2.05) is 0 Å². The molecule has 1 rings (SSSR count). The molecule has 1 aromatic heterocycles. The quantitative estimate of drug-likeness (QED) is 0.693. The Kier molecular flexibility index (Phi) is 3.47. The van der Waals surface area contributed by atoms with Crippen molar-refractivity contribution in [2.75, 3.05) is 17.6 Å². The van der Waals surface area contributed by atoms with E-state index in [1.54, 1.807) is 20.0 Å². The number of nitrogens with two attached hydrogens (primary N) is 1. The van der Waals surface area contributed by atoms with Crippen LogP contribution >= 0.6 is 0 Å². The van der Waals surface area contributed by atoms with E-state index in [4.69, 9.17) is 5.73 Å². The van der Waals surface area contributed by atoms with Crippen LogP contribution in [0.4, 0.5) is 11.8 Å². The molecule has 0 spiro atoms. The first-order valence-corrected chi connectivity index (χ1v) is 5.04. The van der Waals surface area contributed by atoms with Gasteiger partial charge >= 0.3 is 0 Å². The van der Waals surface area contributed by atoms with Gasteiger partial charge in [0, 0.05) is 18.3 Å². The molecular formula is C10H18N4O. The van der Waals surface area contributed by atoms with Crippen LogP contribution in [0.1, 0.15) is 32.8 Å². The van der Waals surface area contributed by atoms with E-state index in [2.05, 4.69) is 22.2 Å². The molecule has 0 aliphatic carbocycles. The Morgan fingerprint density at radius 3 is 2.67 bits per heavy atom. The number of nitrogens with zero attached hydrogens (tertiary/aromatic N) is 2. The van der Waals surface area contributed by atoms with Gasteiger partial charge in [0.15, 0.2) is 0 Å². The van der Waals surface area contributed by atoms with Crippen LogP contribution in [0.25, 0.3) is 0 Å². The fourth-order valence-electron chi connectivity index (χ4n) is 1.19. The van der Waals surface area contributed by atoms with Crippen molar-refractivity contribution in [2.45, 2.75) is 32.8 Å². The molecule has 0 fully saturated rings. The smallest absolute Gasteiger partial charge is 0.224 e. The van der Waals surface area contributed by atoms with Crippen LogP contribution in [0.2, 0.25) is 0 Å². The fraction of sp³-hybridized carbons (Fsp3) is 0.600. The maximum Gasteiger partial charge on any atom is 0.224 e. The topological polar surface area (TPSA) is 84.1 Å². The summed E-state index contributed by atoms with van der Waals surface area (Å²) < 4.78 is 0. The Hall–Kier alpha value is -1.36. The van der Waals surface area contributed by atoms with Gasteiger partial charge in [-0.3, -0.25) is 0 Å². The normalized spacial score (nSPS) is 11.5. The van der Waals surface area contributed by atoms with E-state index in [9.17, 15) is 5.11 Å². The molecule has 0 bridgehead atoms. The predicted octanol–water partition coefficient (Wildman–Crippen LogP) is 1.11. The van der Waals surface area contributed by atoms with Crippen molar-refractivity contribution in [1.29, 1.82) is 0 Å². The van der Waals surface area contributed by atoms with Gasteiger partial charge in [0.05, 0.1) is 5.60 Å². The van der Waals surface area contributed by atoms with Crippen LogP contribution in [-0.4, -0.2) is 21.6 Å². The first-order valence-electron chi connectivity index (χ1n) is 5.04. The second kappa shape index (κ2) is 4.44. The zero-order chi connectivity index (χ0) is 11.5. The zero-order valence-electron chi connectivity index (χ0n) is 9.41. The lowest BCUT2D eigenvalue weighted by molar-refractivity contribution is 0.0787. The lowest BCUT2D eigenvalue weighted by Crippen LogP contribution is -2.19. The summed E-state index contributed by atoms with van der Waals surface area (Å²) in [5, 5.41) is 12.8. The van der Waals surface area contributed by atoms with Gasteiger partial charge in [-0.05, 0) is 20.3 Å². The average molecular weight is 210 g/mol. The van der Waals surface area contributed by atoms with Crippen LogP contribution in [0.15, 0.2) is 6.20 Å². The van der Waals surface area contributed by atoms with E-state index < -0.39 is 5.60 Å². The highest BCUT2D eigenvalue weighted by Crippen LogP contribution is 2.23. The summed E-state index contributed by atoms with van der Waals surface area (Å²) in [7, 11) is 0. The highest BCUT2D eigenvalue weighted by Gasteiger charge is 2.20. The van der Waals surface area contributed by atoms with Gasteiger partial charge in [0.25, 0.3) is 0 Å². The van der Waals surface area contributed by atoms with E-state index >= 15 is 0 Å². The molecular weight excluding hydrogens is 192 g/mol. The molecule has 0 aliphatic rings. The van der Waals surface area contributed by atoms with E-state index in [0.717, 1.165) is 13.0 Å². The van der Waals surface area contributed by atoms with Crippen molar-refractivity contribution in [3.8, 4) is 0 Å². The van der Waals surface area contributed by atoms with Gasteiger partial charge in [-0.2, -0.15) is 4.98 Å². The number of nitrogens with one attached hydrogen (secondary N) is 1. The van der Waals surface area contributed by atoms with Gasteiger partial charge < -0.3 is 16.2 Å². The van der Waals surface area contributed by atoms with Gasteiger partial charge in [0.1, 0.15) is 5.82 Å². The third kappa shape index (κ3) is 3.06. The third-order valence-corrected chi connectivity index (χ3v) is 2.01. The monoisotopic (exact) mass is 210 g/mol. The summed E-state index contributed by atoms with van der Waals surface area (Å²) in [5.41, 5.74) is 5.27. The molecule has 0 radical (unpaired) electrons. The highest BCUT2D eigenvalue weighted by molar-refractivity contribution is 5.45. The lowest BCUT2D eigenvalue weighted by atomic mass is 10.0. The van der Waals surface area contributed by atoms with Crippen molar-refractivity contribution in [1.82, 2.24) is 9.97 Å². The average Bonchev–Trinajstić information content (AvgIpc) is 2.12. The minimum absolute atomic E-state index is 0.316. The van der Waals surface area contributed by atoms with E-state index in [1.165, 1.54) is 0 Å². The molecule has 1 aromatic rings. The van der Waals surface area contributed by atoms with Crippen molar-refractivity contribution < 1.29 is 5.11 Å². The molecule has 0 atom stereocenters. The minimum atomic E-state index is -1.01. The first kappa shape index (κ1) is 11.7. The number of hydrogen-bond donors (Lipinski definition) is 3. The molecule has 0 aliphatic heterocycles. The summed E-state index contributed by atoms with van der Waals surface area (Å²) in [5.74, 6) is 0.818. The summed E-state index contributed by atoms with van der Waals surface area (Å²) in [6.07, 6.45) is 2.55. The second-order valence-electron chi connectivity index (χ2n) is 3.98. The molecule has 5 nitrogen and oxygen atoms in total. The van der Waals surface area contributed by atoms with Crippen LogP contribution in [0, 0.1) is 0 Å². The SMILES string of the molecule is CCCNc1ncc(C(C)(C)O)c(N)n1. The Labute approximate surface area is 89.7 Å². The van der Waals surface area contributed by atoms with Crippen LogP contribution in [-0.2, 0) is 5.60 Å². The Bertz CT molecular complexity index is 333. The molecule has 15 heavy (non-hydrogen) atoms. The standard InChI is InChI=1S/C10H18N4O/c1-4-5-12-9-13-6-7(8(11)14-9)10(2,3)15/h6,15H,4-5H2,1-3H3,(H3,11,12,13,14). The molecule has 0 saturated heterocycles. The summed E-state index contributed by atoms with van der Waals surface area (Å²) in [6.45, 7) is 6.17.